The van der Waals surface area contributed by atoms with Crippen LogP contribution < -0.4 is 0 Å². The SMILES string of the molecule is CCCN(CC1CC1)C(=O)CCOCC1CCCO1. The summed E-state index contributed by atoms with van der Waals surface area (Å²) in [5.41, 5.74) is 0. The van der Waals surface area contributed by atoms with E-state index in [1.807, 2.05) is 4.90 Å². The summed E-state index contributed by atoms with van der Waals surface area (Å²) in [6.45, 7) is 6.01. The molecule has 1 atom stereocenters. The topological polar surface area (TPSA) is 38.8 Å². The number of ether oxygens (including phenoxy) is 2. The number of carbonyl (C=O) groups excluding carboxylic acids is 1. The van der Waals surface area contributed by atoms with Crippen LogP contribution in [-0.2, 0) is 14.3 Å². The Balaban J connectivity index is 1.57. The molecule has 0 N–H and O–H groups in total. The summed E-state index contributed by atoms with van der Waals surface area (Å²) >= 11 is 0. The molecular weight excluding hydrogens is 242 g/mol. The van der Waals surface area contributed by atoms with Crippen LogP contribution >= 0.6 is 0 Å². The van der Waals surface area contributed by atoms with E-state index in [0.717, 1.165) is 44.9 Å². The van der Waals surface area contributed by atoms with Gasteiger partial charge in [0.2, 0.25) is 5.91 Å². The molecule has 0 bridgehead atoms. The number of hydrogen-bond acceptors (Lipinski definition) is 3. The molecule has 1 saturated heterocycles. The molecule has 4 nitrogen and oxygen atoms in total. The van der Waals surface area contributed by atoms with Crippen molar-refractivity contribution in [3.63, 3.8) is 0 Å². The summed E-state index contributed by atoms with van der Waals surface area (Å²) in [5, 5.41) is 0. The molecule has 1 amide bonds. The number of nitrogens with zero attached hydrogens (tertiary/aromatic N) is 1. The first-order chi connectivity index (χ1) is 9.29. The van der Waals surface area contributed by atoms with E-state index < -0.39 is 0 Å². The average molecular weight is 269 g/mol. The Labute approximate surface area is 116 Å². The number of hydrogen-bond donors (Lipinski definition) is 0. The fourth-order valence-corrected chi connectivity index (χ4v) is 2.51. The van der Waals surface area contributed by atoms with Gasteiger partial charge in [0.05, 0.1) is 25.7 Å². The van der Waals surface area contributed by atoms with Crippen molar-refractivity contribution in [3.05, 3.63) is 0 Å². The van der Waals surface area contributed by atoms with Gasteiger partial charge in [-0.05, 0) is 38.0 Å². The smallest absolute Gasteiger partial charge is 0.224 e. The van der Waals surface area contributed by atoms with Gasteiger partial charge in [0, 0.05) is 19.7 Å². The van der Waals surface area contributed by atoms with Crippen LogP contribution in [0.4, 0.5) is 0 Å². The van der Waals surface area contributed by atoms with Crippen molar-refractivity contribution in [2.75, 3.05) is 32.9 Å². The Kier molecular flexibility index (Phi) is 6.11. The van der Waals surface area contributed by atoms with E-state index in [0.29, 0.717) is 19.6 Å². The zero-order valence-corrected chi connectivity index (χ0v) is 12.1. The quantitative estimate of drug-likeness (QED) is 0.602. The zero-order valence-electron chi connectivity index (χ0n) is 12.1. The molecule has 110 valence electrons. The normalized spacial score (nSPS) is 22.7. The van der Waals surface area contributed by atoms with Gasteiger partial charge in [-0.15, -0.1) is 0 Å². The van der Waals surface area contributed by atoms with Crippen LogP contribution in [0, 0.1) is 5.92 Å². The summed E-state index contributed by atoms with van der Waals surface area (Å²) in [5.74, 6) is 1.02. The molecule has 1 heterocycles. The Bertz CT molecular complexity index is 273. The van der Waals surface area contributed by atoms with E-state index in [1.54, 1.807) is 0 Å². The van der Waals surface area contributed by atoms with E-state index in [9.17, 15) is 4.79 Å². The molecule has 2 rings (SSSR count). The van der Waals surface area contributed by atoms with Gasteiger partial charge in [0.1, 0.15) is 0 Å². The van der Waals surface area contributed by atoms with Crippen LogP contribution in [-0.4, -0.2) is 49.8 Å². The second-order valence-corrected chi connectivity index (χ2v) is 5.74. The summed E-state index contributed by atoms with van der Waals surface area (Å²) in [7, 11) is 0. The van der Waals surface area contributed by atoms with Gasteiger partial charge in [0.25, 0.3) is 0 Å². The number of amides is 1. The Morgan fingerprint density at radius 1 is 1.37 bits per heavy atom. The maximum Gasteiger partial charge on any atom is 0.224 e. The molecule has 19 heavy (non-hydrogen) atoms. The Hall–Kier alpha value is -0.610. The third kappa shape index (κ3) is 5.49. The highest BCUT2D eigenvalue weighted by Crippen LogP contribution is 2.29. The minimum absolute atomic E-state index is 0.251. The van der Waals surface area contributed by atoms with Gasteiger partial charge < -0.3 is 14.4 Å². The van der Waals surface area contributed by atoms with Gasteiger partial charge in [0.15, 0.2) is 0 Å². The lowest BCUT2D eigenvalue weighted by molar-refractivity contribution is -0.133. The Morgan fingerprint density at radius 3 is 2.84 bits per heavy atom. The maximum absolute atomic E-state index is 12.1. The summed E-state index contributed by atoms with van der Waals surface area (Å²) in [6.07, 6.45) is 6.63. The molecule has 0 aromatic carbocycles. The second-order valence-electron chi connectivity index (χ2n) is 5.74. The average Bonchev–Trinajstić information content (AvgIpc) is 3.07. The summed E-state index contributed by atoms with van der Waals surface area (Å²) < 4.78 is 11.1. The lowest BCUT2D eigenvalue weighted by atomic mass is 10.2. The molecule has 2 fully saturated rings. The maximum atomic E-state index is 12.1. The van der Waals surface area contributed by atoms with Crippen molar-refractivity contribution in [3.8, 4) is 0 Å². The first-order valence-corrected chi connectivity index (χ1v) is 7.76. The molecular formula is C15H27NO3. The fraction of sp³-hybridized carbons (Fsp3) is 0.933. The van der Waals surface area contributed by atoms with Crippen LogP contribution in [0.2, 0.25) is 0 Å². The van der Waals surface area contributed by atoms with Crippen LogP contribution in [0.15, 0.2) is 0 Å². The van der Waals surface area contributed by atoms with Crippen molar-refractivity contribution in [1.29, 1.82) is 0 Å². The molecule has 0 aromatic heterocycles. The van der Waals surface area contributed by atoms with Crippen molar-refractivity contribution in [2.24, 2.45) is 5.92 Å². The standard InChI is InChI=1S/C15H27NO3/c1-2-8-16(11-13-5-6-13)15(17)7-10-18-12-14-4-3-9-19-14/h13-14H,2-12H2,1H3. The number of rotatable bonds is 9. The largest absolute Gasteiger partial charge is 0.378 e. The van der Waals surface area contributed by atoms with Crippen molar-refractivity contribution >= 4 is 5.91 Å². The molecule has 0 spiro atoms. The van der Waals surface area contributed by atoms with E-state index >= 15 is 0 Å². The van der Waals surface area contributed by atoms with Crippen LogP contribution in [0.25, 0.3) is 0 Å². The van der Waals surface area contributed by atoms with Crippen molar-refractivity contribution < 1.29 is 14.3 Å². The summed E-state index contributed by atoms with van der Waals surface area (Å²) in [4.78, 5) is 14.1. The molecule has 1 aliphatic carbocycles. The van der Waals surface area contributed by atoms with Crippen molar-refractivity contribution in [2.45, 2.75) is 51.6 Å². The molecule has 1 aliphatic heterocycles. The lowest BCUT2D eigenvalue weighted by Crippen LogP contribution is -2.34. The van der Waals surface area contributed by atoms with E-state index in [4.69, 9.17) is 9.47 Å². The zero-order chi connectivity index (χ0) is 13.5. The predicted molar refractivity (Wildman–Crippen MR) is 74.0 cm³/mol. The van der Waals surface area contributed by atoms with E-state index in [-0.39, 0.29) is 12.0 Å². The van der Waals surface area contributed by atoms with Crippen LogP contribution in [0.5, 0.6) is 0 Å². The van der Waals surface area contributed by atoms with Gasteiger partial charge in [-0.1, -0.05) is 6.92 Å². The minimum atomic E-state index is 0.251. The predicted octanol–water partition coefficient (Wildman–Crippen LogP) is 2.22. The first-order valence-electron chi connectivity index (χ1n) is 7.76. The van der Waals surface area contributed by atoms with E-state index in [1.165, 1.54) is 12.8 Å². The first kappa shape index (κ1) is 14.8. The lowest BCUT2D eigenvalue weighted by Gasteiger charge is -2.22. The minimum Gasteiger partial charge on any atom is -0.378 e. The van der Waals surface area contributed by atoms with Gasteiger partial charge in [-0.25, -0.2) is 0 Å². The van der Waals surface area contributed by atoms with Gasteiger partial charge in [-0.3, -0.25) is 4.79 Å². The number of carbonyl (C=O) groups is 1. The van der Waals surface area contributed by atoms with Crippen LogP contribution in [0.1, 0.15) is 45.4 Å². The summed E-state index contributed by atoms with van der Waals surface area (Å²) in [6, 6.07) is 0. The Morgan fingerprint density at radius 2 is 2.21 bits per heavy atom. The highest BCUT2D eigenvalue weighted by Gasteiger charge is 2.26. The van der Waals surface area contributed by atoms with Gasteiger partial charge >= 0.3 is 0 Å². The molecule has 2 aliphatic rings. The molecule has 1 unspecified atom stereocenters. The monoisotopic (exact) mass is 269 g/mol. The highest BCUT2D eigenvalue weighted by molar-refractivity contribution is 5.76. The molecule has 1 saturated carbocycles. The fourth-order valence-electron chi connectivity index (χ4n) is 2.51. The molecule has 0 radical (unpaired) electrons. The van der Waals surface area contributed by atoms with E-state index in [2.05, 4.69) is 6.92 Å². The van der Waals surface area contributed by atoms with Crippen molar-refractivity contribution in [1.82, 2.24) is 4.90 Å². The third-order valence-electron chi connectivity index (χ3n) is 3.81. The molecule has 4 heteroatoms. The second kappa shape index (κ2) is 7.85. The van der Waals surface area contributed by atoms with Crippen LogP contribution in [0.3, 0.4) is 0 Å². The third-order valence-corrected chi connectivity index (χ3v) is 3.81. The highest BCUT2D eigenvalue weighted by atomic mass is 16.5. The van der Waals surface area contributed by atoms with Gasteiger partial charge in [-0.2, -0.15) is 0 Å². The molecule has 0 aromatic rings.